The monoisotopic (exact) mass is 268 g/mol. The number of halogens is 1. The van der Waals surface area contributed by atoms with Gasteiger partial charge >= 0.3 is 0 Å². The molecule has 0 aromatic heterocycles. The summed E-state index contributed by atoms with van der Waals surface area (Å²) in [6.45, 7) is 8.61. The first-order chi connectivity index (χ1) is 8.63. The molecule has 1 N–H and O–H groups in total. The topological polar surface area (TPSA) is 15.3 Å². The summed E-state index contributed by atoms with van der Waals surface area (Å²) in [5.74, 6) is 0. The number of unbranched alkanes of at least 4 members (excludes halogenated alkanes) is 1. The van der Waals surface area contributed by atoms with Crippen LogP contribution in [0.3, 0.4) is 0 Å². The van der Waals surface area contributed by atoms with E-state index in [2.05, 4.69) is 49.2 Å². The first kappa shape index (κ1) is 15.3. The van der Waals surface area contributed by atoms with Gasteiger partial charge in [0.25, 0.3) is 0 Å². The lowest BCUT2D eigenvalue weighted by Crippen LogP contribution is -2.24. The van der Waals surface area contributed by atoms with E-state index in [9.17, 15) is 0 Å². The summed E-state index contributed by atoms with van der Waals surface area (Å²) in [6.07, 6.45) is 2.42. The lowest BCUT2D eigenvalue weighted by Gasteiger charge is -2.25. The van der Waals surface area contributed by atoms with Crippen LogP contribution in [0, 0.1) is 0 Å². The molecule has 0 radical (unpaired) electrons. The van der Waals surface area contributed by atoms with Crippen molar-refractivity contribution in [2.75, 3.05) is 25.0 Å². The van der Waals surface area contributed by atoms with E-state index in [0.717, 1.165) is 23.8 Å². The summed E-state index contributed by atoms with van der Waals surface area (Å²) in [4.78, 5) is 2.35. The Morgan fingerprint density at radius 3 is 2.56 bits per heavy atom. The molecule has 0 saturated carbocycles. The summed E-state index contributed by atoms with van der Waals surface area (Å²) in [6, 6.07) is 6.72. The van der Waals surface area contributed by atoms with Gasteiger partial charge in [0.2, 0.25) is 0 Å². The maximum Gasteiger partial charge on any atom is 0.0642 e. The molecule has 3 heteroatoms. The van der Waals surface area contributed by atoms with Crippen LogP contribution in [0.5, 0.6) is 0 Å². The second-order valence-electron chi connectivity index (χ2n) is 4.65. The Bertz CT molecular complexity index is 366. The molecule has 0 spiro atoms. The van der Waals surface area contributed by atoms with Gasteiger partial charge in [0.15, 0.2) is 0 Å². The summed E-state index contributed by atoms with van der Waals surface area (Å²) < 4.78 is 0. The van der Waals surface area contributed by atoms with Crippen LogP contribution in [0.15, 0.2) is 18.2 Å². The molecular weight excluding hydrogens is 244 g/mol. The molecular formula is C15H25ClN2. The van der Waals surface area contributed by atoms with Crippen molar-refractivity contribution in [3.8, 4) is 0 Å². The van der Waals surface area contributed by atoms with Crippen molar-refractivity contribution in [3.05, 3.63) is 28.8 Å². The second-order valence-corrected chi connectivity index (χ2v) is 5.06. The number of hydrogen-bond donors (Lipinski definition) is 1. The van der Waals surface area contributed by atoms with Crippen LogP contribution in [0.4, 0.5) is 5.69 Å². The Morgan fingerprint density at radius 1 is 1.33 bits per heavy atom. The number of hydrogen-bond acceptors (Lipinski definition) is 2. The minimum absolute atomic E-state index is 0.335. The van der Waals surface area contributed by atoms with E-state index in [1.54, 1.807) is 0 Å². The molecule has 0 saturated heterocycles. The van der Waals surface area contributed by atoms with E-state index >= 15 is 0 Å². The predicted molar refractivity (Wildman–Crippen MR) is 81.7 cm³/mol. The summed E-state index contributed by atoms with van der Waals surface area (Å²) in [5, 5.41) is 4.09. The van der Waals surface area contributed by atoms with E-state index in [1.165, 1.54) is 18.4 Å². The predicted octanol–water partition coefficient (Wildman–Crippen LogP) is 4.25. The van der Waals surface area contributed by atoms with Crippen molar-refractivity contribution in [1.29, 1.82) is 0 Å². The van der Waals surface area contributed by atoms with E-state index in [4.69, 9.17) is 11.6 Å². The zero-order valence-corrected chi connectivity index (χ0v) is 12.7. The van der Waals surface area contributed by atoms with Crippen molar-refractivity contribution in [3.63, 3.8) is 0 Å². The smallest absolute Gasteiger partial charge is 0.0642 e. The van der Waals surface area contributed by atoms with Gasteiger partial charge in [0, 0.05) is 19.1 Å². The number of rotatable bonds is 7. The average molecular weight is 269 g/mol. The summed E-state index contributed by atoms with van der Waals surface area (Å²) in [7, 11) is 1.96. The Morgan fingerprint density at radius 2 is 2.06 bits per heavy atom. The van der Waals surface area contributed by atoms with Crippen molar-refractivity contribution in [1.82, 2.24) is 5.32 Å². The normalized spacial score (nSPS) is 12.5. The lowest BCUT2D eigenvalue weighted by molar-refractivity contribution is 0.652. The van der Waals surface area contributed by atoms with Crippen LogP contribution in [0.25, 0.3) is 0 Å². The fourth-order valence-electron chi connectivity index (χ4n) is 2.01. The Kier molecular flexibility index (Phi) is 6.51. The molecule has 2 nitrogen and oxygen atoms in total. The zero-order chi connectivity index (χ0) is 13.5. The molecule has 0 aliphatic rings. The number of benzene rings is 1. The molecule has 1 rings (SSSR count). The molecule has 0 aliphatic carbocycles. The highest BCUT2D eigenvalue weighted by Crippen LogP contribution is 2.29. The van der Waals surface area contributed by atoms with E-state index in [1.807, 2.05) is 7.05 Å². The van der Waals surface area contributed by atoms with E-state index < -0.39 is 0 Å². The van der Waals surface area contributed by atoms with Gasteiger partial charge in [-0.05, 0) is 45.0 Å². The van der Waals surface area contributed by atoms with Crippen molar-refractivity contribution < 1.29 is 0 Å². The minimum Gasteiger partial charge on any atom is -0.371 e. The summed E-state index contributed by atoms with van der Waals surface area (Å²) >= 11 is 6.41. The Labute approximate surface area is 116 Å². The van der Waals surface area contributed by atoms with E-state index in [-0.39, 0.29) is 0 Å². The fraction of sp³-hybridized carbons (Fsp3) is 0.600. The zero-order valence-electron chi connectivity index (χ0n) is 12.0. The van der Waals surface area contributed by atoms with Gasteiger partial charge in [0.1, 0.15) is 0 Å². The van der Waals surface area contributed by atoms with Gasteiger partial charge in [-0.3, -0.25) is 0 Å². The second kappa shape index (κ2) is 7.65. The number of anilines is 1. The van der Waals surface area contributed by atoms with Gasteiger partial charge in [-0.25, -0.2) is 0 Å². The lowest BCUT2D eigenvalue weighted by atomic mass is 10.1. The first-order valence-corrected chi connectivity index (χ1v) is 7.23. The highest BCUT2D eigenvalue weighted by molar-refractivity contribution is 6.33. The van der Waals surface area contributed by atoms with Crippen LogP contribution >= 0.6 is 11.6 Å². The molecule has 18 heavy (non-hydrogen) atoms. The molecule has 1 aromatic carbocycles. The molecule has 1 aromatic rings. The fourth-order valence-corrected chi connectivity index (χ4v) is 2.32. The summed E-state index contributed by atoms with van der Waals surface area (Å²) in [5.41, 5.74) is 2.39. The maximum absolute atomic E-state index is 6.41. The van der Waals surface area contributed by atoms with Gasteiger partial charge in [0.05, 0.1) is 10.7 Å². The van der Waals surface area contributed by atoms with Gasteiger partial charge in [-0.2, -0.15) is 0 Å². The van der Waals surface area contributed by atoms with Crippen LogP contribution in [0.1, 0.15) is 45.2 Å². The minimum atomic E-state index is 0.335. The molecule has 0 amide bonds. The largest absolute Gasteiger partial charge is 0.371 e. The van der Waals surface area contributed by atoms with Gasteiger partial charge < -0.3 is 10.2 Å². The molecule has 1 unspecified atom stereocenters. The third kappa shape index (κ3) is 3.89. The number of nitrogens with one attached hydrogen (secondary N) is 1. The number of nitrogens with zero attached hydrogens (tertiary/aromatic N) is 1. The molecule has 102 valence electrons. The van der Waals surface area contributed by atoms with E-state index in [0.29, 0.717) is 6.04 Å². The molecule has 0 bridgehead atoms. The first-order valence-electron chi connectivity index (χ1n) is 6.85. The van der Waals surface area contributed by atoms with Gasteiger partial charge in [-0.1, -0.05) is 31.0 Å². The van der Waals surface area contributed by atoms with Crippen molar-refractivity contribution in [2.45, 2.75) is 39.7 Å². The highest BCUT2D eigenvalue weighted by atomic mass is 35.5. The van der Waals surface area contributed by atoms with Crippen LogP contribution in [-0.4, -0.2) is 20.1 Å². The Balaban J connectivity index is 2.89. The van der Waals surface area contributed by atoms with Crippen molar-refractivity contribution in [2.24, 2.45) is 0 Å². The van der Waals surface area contributed by atoms with Crippen LogP contribution in [0.2, 0.25) is 5.02 Å². The highest BCUT2D eigenvalue weighted by Gasteiger charge is 2.10. The van der Waals surface area contributed by atoms with Crippen molar-refractivity contribution >= 4 is 17.3 Å². The third-order valence-electron chi connectivity index (χ3n) is 3.41. The molecule has 0 aliphatic heterocycles. The van der Waals surface area contributed by atoms with Crippen LogP contribution < -0.4 is 10.2 Å². The average Bonchev–Trinajstić information content (AvgIpc) is 2.40. The van der Waals surface area contributed by atoms with Gasteiger partial charge in [-0.15, -0.1) is 0 Å². The van der Waals surface area contributed by atoms with Crippen LogP contribution in [-0.2, 0) is 0 Å². The quantitative estimate of drug-likeness (QED) is 0.795. The molecule has 1 atom stereocenters. The SMILES string of the molecule is CCCCN(CC)c1ccc(C(C)NC)cc1Cl. The standard InChI is InChI=1S/C15H25ClN2/c1-5-7-10-18(6-2)15-9-8-13(11-14(15)16)12(3)17-4/h8-9,11-12,17H,5-7,10H2,1-4H3. The Hall–Kier alpha value is -0.730. The molecule has 0 fully saturated rings. The molecule has 0 heterocycles. The third-order valence-corrected chi connectivity index (χ3v) is 3.71. The maximum atomic E-state index is 6.41.